The van der Waals surface area contributed by atoms with E-state index in [4.69, 9.17) is 22.1 Å². The molecule has 0 radical (unpaired) electrons. The quantitative estimate of drug-likeness (QED) is 0.247. The summed E-state index contributed by atoms with van der Waals surface area (Å²) in [6.07, 6.45) is 1.49. The van der Waals surface area contributed by atoms with Crippen LogP contribution in [-0.2, 0) is 16.0 Å². The number of carbonyl (C=O) groups is 2. The summed E-state index contributed by atoms with van der Waals surface area (Å²) in [5, 5.41) is 8.04. The first-order valence-corrected chi connectivity index (χ1v) is 10.3. The second-order valence-electron chi connectivity index (χ2n) is 7.51. The third-order valence-corrected chi connectivity index (χ3v) is 5.22. The van der Waals surface area contributed by atoms with Gasteiger partial charge in [0.15, 0.2) is 11.6 Å². The Morgan fingerprint density at radius 3 is 2.91 bits per heavy atom. The number of anilines is 4. The van der Waals surface area contributed by atoms with Gasteiger partial charge in [0, 0.05) is 17.9 Å². The lowest BCUT2D eigenvalue weighted by atomic mass is 10.0. The Kier molecular flexibility index (Phi) is 6.01. The second-order valence-corrected chi connectivity index (χ2v) is 7.85. The van der Waals surface area contributed by atoms with Gasteiger partial charge in [-0.2, -0.15) is 4.98 Å². The van der Waals surface area contributed by atoms with Crippen LogP contribution >= 0.6 is 11.6 Å². The fourth-order valence-electron chi connectivity index (χ4n) is 3.26. The lowest BCUT2D eigenvalue weighted by Crippen LogP contribution is -2.58. The molecule has 0 aliphatic carbocycles. The monoisotopic (exact) mass is 470 g/mol. The van der Waals surface area contributed by atoms with Crippen LogP contribution in [-0.4, -0.2) is 33.9 Å². The molecule has 4 rings (SSSR count). The van der Waals surface area contributed by atoms with E-state index in [0.717, 1.165) is 11.8 Å². The topological polar surface area (TPSA) is 131 Å². The van der Waals surface area contributed by atoms with Gasteiger partial charge in [0.2, 0.25) is 5.28 Å². The third kappa shape index (κ3) is 4.80. The smallest absolute Gasteiger partial charge is 0.278 e. The summed E-state index contributed by atoms with van der Waals surface area (Å²) in [5.41, 5.74) is 6.33. The maximum absolute atomic E-state index is 13.9. The molecule has 5 N–H and O–H groups in total. The Hall–Kier alpha value is -3.92. The van der Waals surface area contributed by atoms with E-state index in [-0.39, 0.29) is 16.9 Å². The van der Waals surface area contributed by atoms with E-state index >= 15 is 0 Å². The molecule has 1 unspecified atom stereocenters. The van der Waals surface area contributed by atoms with Crippen molar-refractivity contribution >= 4 is 46.3 Å². The van der Waals surface area contributed by atoms with Crippen molar-refractivity contribution in [1.82, 2.24) is 15.3 Å². The standard InChI is InChI=1S/C22H20ClFN6O3/c1-22(19(31)26-8-7-12-3-2-4-13(25)9-12)20(32)29-16-10-14(5-6-17(16)33-22)28-18-15(24)11-27-21(23)30-18/h2-6,9-11H,7-8,25H2,1H3,(H,26,31)(H,29,32)(H,27,28,30). The molecule has 170 valence electrons. The van der Waals surface area contributed by atoms with Crippen LogP contribution in [0.25, 0.3) is 0 Å². The van der Waals surface area contributed by atoms with Crippen LogP contribution in [0.3, 0.4) is 0 Å². The number of amides is 2. The summed E-state index contributed by atoms with van der Waals surface area (Å²) in [7, 11) is 0. The van der Waals surface area contributed by atoms with Crippen molar-refractivity contribution < 1.29 is 18.7 Å². The van der Waals surface area contributed by atoms with Crippen molar-refractivity contribution in [3.63, 3.8) is 0 Å². The maximum Gasteiger partial charge on any atom is 0.278 e. The Bertz CT molecular complexity index is 1240. The molecule has 2 amide bonds. The van der Waals surface area contributed by atoms with Crippen LogP contribution < -0.4 is 26.4 Å². The van der Waals surface area contributed by atoms with Crippen LogP contribution in [0.2, 0.25) is 5.28 Å². The number of nitrogens with two attached hydrogens (primary N) is 1. The number of ether oxygens (including phenoxy) is 1. The van der Waals surface area contributed by atoms with Crippen LogP contribution in [0, 0.1) is 5.82 Å². The van der Waals surface area contributed by atoms with Crippen LogP contribution in [0.1, 0.15) is 12.5 Å². The molecule has 9 nitrogen and oxygen atoms in total. The van der Waals surface area contributed by atoms with E-state index < -0.39 is 23.2 Å². The molecule has 1 aromatic heterocycles. The number of rotatable bonds is 6. The normalized spacial score (nSPS) is 16.9. The molecule has 1 atom stereocenters. The molecule has 0 saturated heterocycles. The van der Waals surface area contributed by atoms with E-state index in [2.05, 4.69) is 25.9 Å². The van der Waals surface area contributed by atoms with Crippen molar-refractivity contribution in [3.05, 3.63) is 65.3 Å². The van der Waals surface area contributed by atoms with Gasteiger partial charge >= 0.3 is 0 Å². The van der Waals surface area contributed by atoms with Crippen LogP contribution in [0.4, 0.5) is 27.3 Å². The van der Waals surface area contributed by atoms with Gasteiger partial charge in [-0.1, -0.05) is 12.1 Å². The van der Waals surface area contributed by atoms with Gasteiger partial charge in [-0.3, -0.25) is 9.59 Å². The number of carbonyl (C=O) groups excluding carboxylic acids is 2. The number of benzene rings is 2. The third-order valence-electron chi connectivity index (χ3n) is 5.04. The SMILES string of the molecule is CC1(C(=O)NCCc2cccc(N)c2)Oc2ccc(Nc3nc(Cl)ncc3F)cc2NC1=O. The van der Waals surface area contributed by atoms with E-state index in [1.54, 1.807) is 18.2 Å². The Morgan fingerprint density at radius 1 is 1.30 bits per heavy atom. The molecule has 3 aromatic rings. The molecule has 1 aliphatic heterocycles. The molecular weight excluding hydrogens is 451 g/mol. The predicted octanol–water partition coefficient (Wildman–Crippen LogP) is 3.04. The summed E-state index contributed by atoms with van der Waals surface area (Å²) in [6, 6.07) is 12.0. The number of nitrogens with one attached hydrogen (secondary N) is 3. The number of hydrogen-bond donors (Lipinski definition) is 4. The van der Waals surface area contributed by atoms with Gasteiger partial charge < -0.3 is 26.4 Å². The fourth-order valence-corrected chi connectivity index (χ4v) is 3.39. The minimum Gasteiger partial charge on any atom is -0.466 e. The molecular formula is C22H20ClFN6O3. The first kappa shape index (κ1) is 22.3. The van der Waals surface area contributed by atoms with E-state index in [1.807, 2.05) is 18.2 Å². The van der Waals surface area contributed by atoms with Crippen molar-refractivity contribution in [2.24, 2.45) is 0 Å². The zero-order valence-electron chi connectivity index (χ0n) is 17.5. The number of nitrogen functional groups attached to an aromatic ring is 1. The molecule has 0 bridgehead atoms. The van der Waals surface area contributed by atoms with Gasteiger partial charge in [0.05, 0.1) is 11.9 Å². The number of hydrogen-bond acceptors (Lipinski definition) is 7. The van der Waals surface area contributed by atoms with Gasteiger partial charge in [-0.05, 0) is 60.8 Å². The minimum absolute atomic E-state index is 0.119. The molecule has 2 aromatic carbocycles. The molecule has 0 spiro atoms. The highest BCUT2D eigenvalue weighted by molar-refractivity contribution is 6.28. The molecule has 0 saturated carbocycles. The number of fused-ring (bicyclic) bond motifs is 1. The summed E-state index contributed by atoms with van der Waals surface area (Å²) < 4.78 is 19.7. The van der Waals surface area contributed by atoms with Crippen molar-refractivity contribution in [2.75, 3.05) is 22.9 Å². The highest BCUT2D eigenvalue weighted by Crippen LogP contribution is 2.36. The second kappa shape index (κ2) is 8.91. The lowest BCUT2D eigenvalue weighted by Gasteiger charge is -2.33. The molecule has 33 heavy (non-hydrogen) atoms. The molecule has 11 heteroatoms. The zero-order valence-corrected chi connectivity index (χ0v) is 18.2. The average Bonchev–Trinajstić information content (AvgIpc) is 2.77. The Morgan fingerprint density at radius 2 is 2.12 bits per heavy atom. The number of nitrogens with zero attached hydrogens (tertiary/aromatic N) is 2. The average molecular weight is 471 g/mol. The summed E-state index contributed by atoms with van der Waals surface area (Å²) >= 11 is 5.71. The summed E-state index contributed by atoms with van der Waals surface area (Å²) in [5.74, 6) is -1.74. The first-order chi connectivity index (χ1) is 15.7. The number of aromatic nitrogens is 2. The highest BCUT2D eigenvalue weighted by Gasteiger charge is 2.47. The van der Waals surface area contributed by atoms with Gasteiger partial charge in [0.1, 0.15) is 5.75 Å². The molecule has 1 aliphatic rings. The highest BCUT2D eigenvalue weighted by atomic mass is 35.5. The van der Waals surface area contributed by atoms with Crippen LogP contribution in [0.5, 0.6) is 5.75 Å². The number of halogens is 2. The van der Waals surface area contributed by atoms with Crippen LogP contribution in [0.15, 0.2) is 48.7 Å². The predicted molar refractivity (Wildman–Crippen MR) is 122 cm³/mol. The van der Waals surface area contributed by atoms with E-state index in [1.165, 1.54) is 13.0 Å². The minimum atomic E-state index is -1.76. The zero-order chi connectivity index (χ0) is 23.6. The van der Waals surface area contributed by atoms with Crippen molar-refractivity contribution in [1.29, 1.82) is 0 Å². The summed E-state index contributed by atoms with van der Waals surface area (Å²) in [6.45, 7) is 1.70. The van der Waals surface area contributed by atoms with Gasteiger partial charge in [0.25, 0.3) is 17.4 Å². The van der Waals surface area contributed by atoms with E-state index in [0.29, 0.717) is 30.0 Å². The first-order valence-electron chi connectivity index (χ1n) is 9.97. The lowest BCUT2D eigenvalue weighted by molar-refractivity contribution is -0.146. The van der Waals surface area contributed by atoms with Crippen molar-refractivity contribution in [2.45, 2.75) is 18.9 Å². The Labute approximate surface area is 193 Å². The van der Waals surface area contributed by atoms with Crippen molar-refractivity contribution in [3.8, 4) is 5.75 Å². The van der Waals surface area contributed by atoms with E-state index in [9.17, 15) is 14.0 Å². The van der Waals surface area contributed by atoms with Gasteiger partial charge in [-0.15, -0.1) is 0 Å². The maximum atomic E-state index is 13.9. The Balaban J connectivity index is 1.44. The molecule has 0 fully saturated rings. The molecule has 2 heterocycles. The fraction of sp³-hybridized carbons (Fsp3) is 0.182. The van der Waals surface area contributed by atoms with Gasteiger partial charge in [-0.25, -0.2) is 9.37 Å². The largest absolute Gasteiger partial charge is 0.466 e. The summed E-state index contributed by atoms with van der Waals surface area (Å²) in [4.78, 5) is 32.8.